The number of sulfone groups is 1. The molecule has 1 aromatic carbocycles. The number of aliphatic hydroxyl groups is 1. The average Bonchev–Trinajstić information content (AvgIpc) is 3.26. The molecule has 0 aromatic heterocycles. The molecule has 0 saturated heterocycles. The van der Waals surface area contributed by atoms with E-state index in [1.54, 1.807) is 0 Å². The number of carbonyl (C=O) groups is 1. The van der Waals surface area contributed by atoms with Gasteiger partial charge in [-0.1, -0.05) is 0 Å². The van der Waals surface area contributed by atoms with E-state index in [1.165, 1.54) is 31.4 Å². The summed E-state index contributed by atoms with van der Waals surface area (Å²) in [5.41, 5.74) is 0. The predicted molar refractivity (Wildman–Crippen MR) is 70.2 cm³/mol. The van der Waals surface area contributed by atoms with E-state index in [-0.39, 0.29) is 31.0 Å². The van der Waals surface area contributed by atoms with Gasteiger partial charge in [0.2, 0.25) is 0 Å². The van der Waals surface area contributed by atoms with Gasteiger partial charge in [0, 0.05) is 0 Å². The molecule has 0 aliphatic heterocycles. The molecule has 0 heterocycles. The van der Waals surface area contributed by atoms with Gasteiger partial charge in [-0.3, -0.25) is 4.79 Å². The number of benzene rings is 1. The van der Waals surface area contributed by atoms with Crippen LogP contribution >= 0.6 is 0 Å². The second kappa shape index (κ2) is 5.41. The van der Waals surface area contributed by atoms with E-state index in [1.807, 2.05) is 0 Å². The second-order valence-corrected chi connectivity index (χ2v) is 6.79. The highest BCUT2D eigenvalue weighted by atomic mass is 32.2. The van der Waals surface area contributed by atoms with Crippen LogP contribution in [0.15, 0.2) is 29.2 Å². The van der Waals surface area contributed by atoms with E-state index in [0.29, 0.717) is 5.75 Å². The van der Waals surface area contributed by atoms with Crippen molar-refractivity contribution in [2.75, 3.05) is 20.3 Å². The van der Waals surface area contributed by atoms with E-state index in [0.717, 1.165) is 0 Å². The Balaban J connectivity index is 2.25. The van der Waals surface area contributed by atoms with Gasteiger partial charge in [-0.25, -0.2) is 8.42 Å². The summed E-state index contributed by atoms with van der Waals surface area (Å²) in [6, 6.07) is 5.78. The molecule has 0 atom stereocenters. The topological polar surface area (TPSA) is 89.9 Å². The first kappa shape index (κ1) is 14.8. The van der Waals surface area contributed by atoms with Crippen molar-refractivity contribution in [3.8, 4) is 5.75 Å². The van der Waals surface area contributed by atoms with Gasteiger partial charge in [0.15, 0.2) is 14.6 Å². The van der Waals surface area contributed by atoms with Gasteiger partial charge in [0.25, 0.3) is 0 Å². The molecule has 0 radical (unpaired) electrons. The Hall–Kier alpha value is -1.60. The van der Waals surface area contributed by atoms with Gasteiger partial charge < -0.3 is 14.6 Å². The fourth-order valence-corrected chi connectivity index (χ4v) is 3.87. The van der Waals surface area contributed by atoms with Crippen LogP contribution in [0.4, 0.5) is 0 Å². The number of esters is 1. The van der Waals surface area contributed by atoms with Gasteiger partial charge in [0.1, 0.15) is 12.4 Å². The van der Waals surface area contributed by atoms with Crippen molar-refractivity contribution in [3.05, 3.63) is 24.3 Å². The summed E-state index contributed by atoms with van der Waals surface area (Å²) in [6.45, 7) is 0.0176. The molecule has 1 aliphatic rings. The van der Waals surface area contributed by atoms with E-state index in [9.17, 15) is 13.2 Å². The minimum Gasteiger partial charge on any atom is -0.491 e. The standard InChI is InChI=1S/C13H16O6S/c1-18-12(15)13(6-7-13)20(16,17)11-4-2-10(3-5-11)19-9-8-14/h2-5,14H,6-9H2,1H3. The number of rotatable bonds is 6. The van der Waals surface area contributed by atoms with Crippen LogP contribution in [0.3, 0.4) is 0 Å². The normalized spacial score (nSPS) is 16.5. The fraction of sp³-hybridized carbons (Fsp3) is 0.462. The molecular formula is C13H16O6S. The van der Waals surface area contributed by atoms with Crippen LogP contribution in [0.5, 0.6) is 5.75 Å². The van der Waals surface area contributed by atoms with Crippen LogP contribution in [0.2, 0.25) is 0 Å². The minimum absolute atomic E-state index is 0.0664. The SMILES string of the molecule is COC(=O)C1(S(=O)(=O)c2ccc(OCCO)cc2)CC1. The molecule has 0 bridgehead atoms. The Morgan fingerprint density at radius 3 is 2.35 bits per heavy atom. The van der Waals surface area contributed by atoms with Crippen LogP contribution in [0.1, 0.15) is 12.8 Å². The number of methoxy groups -OCH3 is 1. The van der Waals surface area contributed by atoms with Crippen molar-refractivity contribution >= 4 is 15.8 Å². The first-order chi connectivity index (χ1) is 9.48. The van der Waals surface area contributed by atoms with Crippen molar-refractivity contribution < 1.29 is 27.8 Å². The maximum Gasteiger partial charge on any atom is 0.327 e. The highest BCUT2D eigenvalue weighted by Gasteiger charge is 2.62. The summed E-state index contributed by atoms with van der Waals surface area (Å²) in [5.74, 6) is -0.251. The second-order valence-electron chi connectivity index (χ2n) is 4.53. The lowest BCUT2D eigenvalue weighted by molar-refractivity contribution is -0.140. The van der Waals surface area contributed by atoms with Gasteiger partial charge >= 0.3 is 5.97 Å². The molecule has 1 aliphatic carbocycles. The highest BCUT2D eigenvalue weighted by Crippen LogP contribution is 2.47. The summed E-state index contributed by atoms with van der Waals surface area (Å²) >= 11 is 0. The van der Waals surface area contributed by atoms with Crippen LogP contribution in [0, 0.1) is 0 Å². The van der Waals surface area contributed by atoms with Crippen molar-refractivity contribution in [2.24, 2.45) is 0 Å². The Labute approximate surface area is 117 Å². The van der Waals surface area contributed by atoms with E-state index < -0.39 is 20.6 Å². The number of ether oxygens (including phenoxy) is 2. The van der Waals surface area contributed by atoms with Crippen LogP contribution < -0.4 is 4.74 Å². The summed E-state index contributed by atoms with van der Waals surface area (Å²) in [6.07, 6.45) is 0.565. The van der Waals surface area contributed by atoms with Crippen LogP contribution in [0.25, 0.3) is 0 Å². The molecule has 20 heavy (non-hydrogen) atoms. The van der Waals surface area contributed by atoms with Gasteiger partial charge in [-0.15, -0.1) is 0 Å². The molecule has 1 saturated carbocycles. The monoisotopic (exact) mass is 300 g/mol. The predicted octanol–water partition coefficient (Wildman–Crippen LogP) is 0.537. The Morgan fingerprint density at radius 2 is 1.90 bits per heavy atom. The summed E-state index contributed by atoms with van der Waals surface area (Å²) in [5, 5.41) is 8.64. The molecule has 1 N–H and O–H groups in total. The number of aliphatic hydroxyl groups excluding tert-OH is 1. The van der Waals surface area contributed by atoms with E-state index in [2.05, 4.69) is 4.74 Å². The van der Waals surface area contributed by atoms with Crippen molar-refractivity contribution in [2.45, 2.75) is 22.5 Å². The summed E-state index contributed by atoms with van der Waals surface area (Å²) < 4.78 is 33.2. The van der Waals surface area contributed by atoms with E-state index >= 15 is 0 Å². The third-order valence-electron chi connectivity index (χ3n) is 3.27. The summed E-state index contributed by atoms with van der Waals surface area (Å²) in [4.78, 5) is 11.7. The number of hydrogen-bond acceptors (Lipinski definition) is 6. The molecule has 0 spiro atoms. The zero-order valence-electron chi connectivity index (χ0n) is 11.0. The van der Waals surface area contributed by atoms with Crippen LogP contribution in [-0.2, 0) is 19.4 Å². The Bertz CT molecular complexity index is 586. The third kappa shape index (κ3) is 2.38. The molecule has 6 nitrogen and oxygen atoms in total. The molecule has 1 aromatic rings. The van der Waals surface area contributed by atoms with Gasteiger partial charge in [-0.05, 0) is 37.1 Å². The van der Waals surface area contributed by atoms with Gasteiger partial charge in [-0.2, -0.15) is 0 Å². The summed E-state index contributed by atoms with van der Waals surface area (Å²) in [7, 11) is -2.57. The average molecular weight is 300 g/mol. The maximum atomic E-state index is 12.5. The number of hydrogen-bond donors (Lipinski definition) is 1. The first-order valence-corrected chi connectivity index (χ1v) is 7.63. The Morgan fingerprint density at radius 1 is 1.30 bits per heavy atom. The molecular weight excluding hydrogens is 284 g/mol. The lowest BCUT2D eigenvalue weighted by Gasteiger charge is -2.14. The number of carbonyl (C=O) groups excluding carboxylic acids is 1. The minimum atomic E-state index is -3.76. The molecule has 1 fully saturated rings. The molecule has 0 amide bonds. The lowest BCUT2D eigenvalue weighted by Crippen LogP contribution is -2.33. The fourth-order valence-electron chi connectivity index (χ4n) is 1.99. The maximum absolute atomic E-state index is 12.5. The van der Waals surface area contributed by atoms with Crippen molar-refractivity contribution in [1.82, 2.24) is 0 Å². The van der Waals surface area contributed by atoms with Crippen LogP contribution in [-0.4, -0.2) is 44.6 Å². The van der Waals surface area contributed by atoms with Gasteiger partial charge in [0.05, 0.1) is 18.6 Å². The smallest absolute Gasteiger partial charge is 0.327 e. The van der Waals surface area contributed by atoms with Crippen molar-refractivity contribution in [3.63, 3.8) is 0 Å². The quantitative estimate of drug-likeness (QED) is 0.771. The molecule has 2 rings (SSSR count). The highest BCUT2D eigenvalue weighted by molar-refractivity contribution is 7.94. The lowest BCUT2D eigenvalue weighted by atomic mass is 10.3. The first-order valence-electron chi connectivity index (χ1n) is 6.15. The molecule has 0 unspecified atom stereocenters. The molecule has 110 valence electrons. The van der Waals surface area contributed by atoms with Crippen molar-refractivity contribution in [1.29, 1.82) is 0 Å². The van der Waals surface area contributed by atoms with E-state index in [4.69, 9.17) is 9.84 Å². The zero-order chi connectivity index (χ0) is 14.8. The largest absolute Gasteiger partial charge is 0.491 e. The third-order valence-corrected chi connectivity index (χ3v) is 5.77. The Kier molecular flexibility index (Phi) is 4.01. The zero-order valence-corrected chi connectivity index (χ0v) is 11.9. The molecule has 7 heteroatoms.